The zero-order valence-corrected chi connectivity index (χ0v) is 8.63. The highest BCUT2D eigenvalue weighted by Crippen LogP contribution is 2.25. The van der Waals surface area contributed by atoms with Crippen molar-refractivity contribution >= 4 is 28.9 Å². The van der Waals surface area contributed by atoms with Crippen molar-refractivity contribution < 1.29 is 20.1 Å². The third kappa shape index (κ3) is 2.45. The molecule has 0 saturated heterocycles. The number of aliphatic hydroxyl groups is 2. The number of alkyl halides is 1. The zero-order valence-electron chi connectivity index (χ0n) is 7.05. The van der Waals surface area contributed by atoms with Crippen LogP contribution in [0.15, 0.2) is 11.4 Å². The standard InChI is InChI=1S/C8H9ClO4S/c9-2-5(10)7(11)6-1-4(3-14-6)8(12)13/h1,3,5,7,10-11H,2H2,(H,12,13). The Morgan fingerprint density at radius 2 is 2.21 bits per heavy atom. The molecule has 2 unspecified atom stereocenters. The average Bonchev–Trinajstić information content (AvgIpc) is 2.64. The number of carbonyl (C=O) groups is 1. The van der Waals surface area contributed by atoms with Crippen LogP contribution in [0.25, 0.3) is 0 Å². The highest BCUT2D eigenvalue weighted by Gasteiger charge is 2.20. The van der Waals surface area contributed by atoms with Gasteiger partial charge in [-0.3, -0.25) is 0 Å². The molecule has 3 N–H and O–H groups in total. The van der Waals surface area contributed by atoms with Gasteiger partial charge in [0.05, 0.1) is 17.5 Å². The van der Waals surface area contributed by atoms with Gasteiger partial charge in [0.15, 0.2) is 0 Å². The van der Waals surface area contributed by atoms with Gasteiger partial charge < -0.3 is 15.3 Å². The fourth-order valence-electron chi connectivity index (χ4n) is 0.894. The van der Waals surface area contributed by atoms with Crippen LogP contribution in [0.4, 0.5) is 0 Å². The van der Waals surface area contributed by atoms with E-state index in [1.165, 1.54) is 11.4 Å². The molecule has 0 aliphatic heterocycles. The molecule has 2 atom stereocenters. The third-order valence-electron chi connectivity index (χ3n) is 1.68. The molecule has 78 valence electrons. The van der Waals surface area contributed by atoms with Crippen molar-refractivity contribution in [1.29, 1.82) is 0 Å². The maximum absolute atomic E-state index is 10.5. The minimum absolute atomic E-state index is 0.0958. The van der Waals surface area contributed by atoms with E-state index in [4.69, 9.17) is 16.7 Å². The molecule has 1 heterocycles. The van der Waals surface area contributed by atoms with Crippen LogP contribution in [0, 0.1) is 0 Å². The molecule has 0 spiro atoms. The normalized spacial score (nSPS) is 15.1. The van der Waals surface area contributed by atoms with Gasteiger partial charge in [0.1, 0.15) is 6.10 Å². The molecule has 14 heavy (non-hydrogen) atoms. The van der Waals surface area contributed by atoms with Crippen LogP contribution in [-0.2, 0) is 0 Å². The van der Waals surface area contributed by atoms with Crippen LogP contribution in [0.5, 0.6) is 0 Å². The van der Waals surface area contributed by atoms with Crippen LogP contribution in [0.1, 0.15) is 21.3 Å². The summed E-state index contributed by atoms with van der Waals surface area (Å²) in [7, 11) is 0. The number of carboxylic acids is 1. The summed E-state index contributed by atoms with van der Waals surface area (Å²) in [6.07, 6.45) is -2.19. The van der Waals surface area contributed by atoms with Gasteiger partial charge in [-0.2, -0.15) is 0 Å². The molecule has 0 fully saturated rings. The summed E-state index contributed by atoms with van der Waals surface area (Å²) in [5, 5.41) is 28.7. The van der Waals surface area contributed by atoms with Crippen molar-refractivity contribution in [2.24, 2.45) is 0 Å². The molecule has 0 amide bonds. The summed E-state index contributed by atoms with van der Waals surface area (Å²) in [6, 6.07) is 1.33. The first kappa shape index (κ1) is 11.5. The predicted molar refractivity (Wildman–Crippen MR) is 53.0 cm³/mol. The lowest BCUT2D eigenvalue weighted by Gasteiger charge is -2.12. The van der Waals surface area contributed by atoms with Gasteiger partial charge in [0, 0.05) is 10.3 Å². The minimum Gasteiger partial charge on any atom is -0.478 e. The summed E-state index contributed by atoms with van der Waals surface area (Å²) >= 11 is 6.42. The summed E-state index contributed by atoms with van der Waals surface area (Å²) < 4.78 is 0. The number of thiophene rings is 1. The Labute approximate surface area is 89.4 Å². The molecule has 0 saturated carbocycles. The fourth-order valence-corrected chi connectivity index (χ4v) is 1.99. The molecule has 0 bridgehead atoms. The largest absolute Gasteiger partial charge is 0.478 e. The zero-order chi connectivity index (χ0) is 10.7. The maximum atomic E-state index is 10.5. The fraction of sp³-hybridized carbons (Fsp3) is 0.375. The molecule has 1 aromatic rings. The molecule has 0 aliphatic carbocycles. The van der Waals surface area contributed by atoms with Gasteiger partial charge in [-0.1, -0.05) is 0 Å². The second kappa shape index (κ2) is 4.75. The molecule has 0 radical (unpaired) electrons. The Kier molecular flexibility index (Phi) is 3.88. The minimum atomic E-state index is -1.12. The molecule has 0 aromatic carbocycles. The van der Waals surface area contributed by atoms with E-state index in [9.17, 15) is 15.0 Å². The van der Waals surface area contributed by atoms with Crippen LogP contribution in [0.3, 0.4) is 0 Å². The van der Waals surface area contributed by atoms with Crippen LogP contribution in [0.2, 0.25) is 0 Å². The molecule has 6 heteroatoms. The van der Waals surface area contributed by atoms with Gasteiger partial charge >= 0.3 is 5.97 Å². The van der Waals surface area contributed by atoms with Crippen molar-refractivity contribution in [2.75, 3.05) is 5.88 Å². The Morgan fingerprint density at radius 3 is 2.64 bits per heavy atom. The Morgan fingerprint density at radius 1 is 1.57 bits per heavy atom. The van der Waals surface area contributed by atoms with Crippen LogP contribution in [-0.4, -0.2) is 33.3 Å². The summed E-state index contributed by atoms with van der Waals surface area (Å²) in [5.74, 6) is -1.15. The second-order valence-corrected chi connectivity index (χ2v) is 3.96. The first-order valence-electron chi connectivity index (χ1n) is 3.80. The van der Waals surface area contributed by atoms with Gasteiger partial charge in [-0.25, -0.2) is 4.79 Å². The summed E-state index contributed by atoms with van der Waals surface area (Å²) in [4.78, 5) is 10.9. The number of aromatic carboxylic acids is 1. The third-order valence-corrected chi connectivity index (χ3v) is 3.00. The number of rotatable bonds is 4. The maximum Gasteiger partial charge on any atom is 0.336 e. The van der Waals surface area contributed by atoms with Gasteiger partial charge in [0.25, 0.3) is 0 Å². The van der Waals surface area contributed by atoms with Crippen LogP contribution < -0.4 is 0 Å². The number of halogens is 1. The lowest BCUT2D eigenvalue weighted by atomic mass is 10.2. The Hall–Kier alpha value is -0.620. The average molecular weight is 237 g/mol. The second-order valence-electron chi connectivity index (χ2n) is 2.71. The number of carboxylic acid groups (broad SMARTS) is 1. The van der Waals surface area contributed by atoms with Crippen molar-refractivity contribution in [3.8, 4) is 0 Å². The predicted octanol–water partition coefficient (Wildman–Crippen LogP) is 1.08. The summed E-state index contributed by atoms with van der Waals surface area (Å²) in [5.41, 5.74) is 0.103. The smallest absolute Gasteiger partial charge is 0.336 e. The first-order chi connectivity index (χ1) is 6.56. The topological polar surface area (TPSA) is 77.8 Å². The van der Waals surface area contributed by atoms with E-state index in [0.29, 0.717) is 4.88 Å². The first-order valence-corrected chi connectivity index (χ1v) is 5.21. The van der Waals surface area contributed by atoms with Crippen LogP contribution >= 0.6 is 22.9 Å². The van der Waals surface area contributed by atoms with Crippen molar-refractivity contribution in [2.45, 2.75) is 12.2 Å². The Balaban J connectivity index is 2.81. The number of aliphatic hydroxyl groups excluding tert-OH is 2. The lowest BCUT2D eigenvalue weighted by Crippen LogP contribution is -2.18. The quantitative estimate of drug-likeness (QED) is 0.684. The van der Waals surface area contributed by atoms with E-state index in [0.717, 1.165) is 11.3 Å². The molecular weight excluding hydrogens is 228 g/mol. The number of hydrogen-bond donors (Lipinski definition) is 3. The lowest BCUT2D eigenvalue weighted by molar-refractivity contribution is 0.0349. The van der Waals surface area contributed by atoms with Gasteiger partial charge in [-0.05, 0) is 6.07 Å². The highest BCUT2D eigenvalue weighted by atomic mass is 35.5. The summed E-state index contributed by atoms with van der Waals surface area (Å²) in [6.45, 7) is 0. The van der Waals surface area contributed by atoms with E-state index >= 15 is 0 Å². The van der Waals surface area contributed by atoms with E-state index in [1.54, 1.807) is 0 Å². The van der Waals surface area contributed by atoms with Crippen molar-refractivity contribution in [3.05, 3.63) is 21.9 Å². The number of hydrogen-bond acceptors (Lipinski definition) is 4. The molecule has 4 nitrogen and oxygen atoms in total. The molecular formula is C8H9ClO4S. The monoisotopic (exact) mass is 236 g/mol. The van der Waals surface area contributed by atoms with Gasteiger partial charge in [0.2, 0.25) is 0 Å². The molecule has 0 aliphatic rings. The van der Waals surface area contributed by atoms with Gasteiger partial charge in [-0.15, -0.1) is 22.9 Å². The highest BCUT2D eigenvalue weighted by molar-refractivity contribution is 7.10. The van der Waals surface area contributed by atoms with E-state index < -0.39 is 18.2 Å². The van der Waals surface area contributed by atoms with Crippen molar-refractivity contribution in [3.63, 3.8) is 0 Å². The molecule has 1 rings (SSSR count). The van der Waals surface area contributed by atoms with E-state index in [2.05, 4.69) is 0 Å². The SMILES string of the molecule is O=C(O)c1csc(C(O)C(O)CCl)c1. The molecule has 1 aromatic heterocycles. The van der Waals surface area contributed by atoms with Crippen molar-refractivity contribution in [1.82, 2.24) is 0 Å². The van der Waals surface area contributed by atoms with E-state index in [1.807, 2.05) is 0 Å². The Bertz CT molecular complexity index is 325. The van der Waals surface area contributed by atoms with E-state index in [-0.39, 0.29) is 11.4 Å².